The first-order valence-corrected chi connectivity index (χ1v) is 7.38. The van der Waals surface area contributed by atoms with Gasteiger partial charge in [0.05, 0.1) is 12.6 Å². The van der Waals surface area contributed by atoms with E-state index >= 15 is 0 Å². The van der Waals surface area contributed by atoms with E-state index in [0.29, 0.717) is 35.9 Å². The quantitative estimate of drug-likeness (QED) is 0.889. The van der Waals surface area contributed by atoms with E-state index in [0.717, 1.165) is 0 Å². The fourth-order valence-corrected chi connectivity index (χ4v) is 2.14. The molecule has 0 aliphatic heterocycles. The highest BCUT2D eigenvalue weighted by Gasteiger charge is 2.17. The molecule has 1 atom stereocenters. The van der Waals surface area contributed by atoms with Crippen LogP contribution in [0.5, 0.6) is 0 Å². The van der Waals surface area contributed by atoms with Crippen molar-refractivity contribution in [2.24, 2.45) is 0 Å². The second kappa shape index (κ2) is 6.98. The van der Waals surface area contributed by atoms with Crippen molar-refractivity contribution in [1.82, 2.24) is 15.0 Å². The minimum absolute atomic E-state index is 0.238. The molecule has 0 fully saturated rings. The Balaban J connectivity index is 2.14. The fourth-order valence-electron chi connectivity index (χ4n) is 2.14. The van der Waals surface area contributed by atoms with Gasteiger partial charge in [0.15, 0.2) is 0 Å². The maximum atomic E-state index is 13.6. The highest BCUT2D eigenvalue weighted by molar-refractivity contribution is 5.54. The van der Waals surface area contributed by atoms with Crippen LogP contribution in [0.4, 0.5) is 4.39 Å². The molecule has 1 unspecified atom stereocenters. The van der Waals surface area contributed by atoms with E-state index in [-0.39, 0.29) is 11.9 Å². The van der Waals surface area contributed by atoms with E-state index in [9.17, 15) is 9.50 Å². The Hall–Kier alpha value is -1.79. The average Bonchev–Trinajstić information content (AvgIpc) is 2.89. The Morgan fingerprint density at radius 2 is 2.05 bits per heavy atom. The van der Waals surface area contributed by atoms with Gasteiger partial charge in [-0.2, -0.15) is 4.98 Å². The number of aliphatic hydroxyl groups is 1. The molecule has 1 N–H and O–H groups in total. The predicted molar refractivity (Wildman–Crippen MR) is 81.7 cm³/mol. The largest absolute Gasteiger partial charge is 0.392 e. The Bertz CT molecular complexity index is 626. The molecule has 0 bridgehead atoms. The van der Waals surface area contributed by atoms with Crippen LogP contribution in [0.25, 0.3) is 11.4 Å². The second-order valence-corrected chi connectivity index (χ2v) is 5.85. The summed E-state index contributed by atoms with van der Waals surface area (Å²) in [5.74, 6) is 0.529. The number of hydrogen-bond acceptors (Lipinski definition) is 5. The third-order valence-electron chi connectivity index (χ3n) is 3.47. The van der Waals surface area contributed by atoms with Crippen LogP contribution in [-0.4, -0.2) is 38.8 Å². The summed E-state index contributed by atoms with van der Waals surface area (Å²) in [6, 6.07) is 5.10. The molecule has 1 heterocycles. The van der Waals surface area contributed by atoms with Crippen LogP contribution >= 0.6 is 0 Å². The second-order valence-electron chi connectivity index (χ2n) is 5.85. The fraction of sp³-hybridized carbons (Fsp3) is 0.500. The van der Waals surface area contributed by atoms with Crippen molar-refractivity contribution in [3.8, 4) is 11.4 Å². The highest BCUT2D eigenvalue weighted by atomic mass is 19.1. The van der Waals surface area contributed by atoms with E-state index in [2.05, 4.69) is 10.1 Å². The summed E-state index contributed by atoms with van der Waals surface area (Å²) >= 11 is 0. The molecule has 0 aliphatic carbocycles. The molecular formula is C16H22FN3O2. The monoisotopic (exact) mass is 307 g/mol. The van der Waals surface area contributed by atoms with Crippen molar-refractivity contribution in [2.75, 3.05) is 6.54 Å². The lowest BCUT2D eigenvalue weighted by Crippen LogP contribution is -2.36. The van der Waals surface area contributed by atoms with Crippen LogP contribution in [0, 0.1) is 12.7 Å². The third kappa shape index (κ3) is 4.11. The summed E-state index contributed by atoms with van der Waals surface area (Å²) < 4.78 is 18.9. The summed E-state index contributed by atoms with van der Waals surface area (Å²) in [6.07, 6.45) is -0.434. The van der Waals surface area contributed by atoms with E-state index in [1.54, 1.807) is 26.0 Å². The molecule has 5 nitrogen and oxygen atoms in total. The number of aliphatic hydroxyl groups excluding tert-OH is 1. The minimum Gasteiger partial charge on any atom is -0.392 e. The van der Waals surface area contributed by atoms with Crippen LogP contribution < -0.4 is 0 Å². The number of benzene rings is 1. The highest BCUT2D eigenvalue weighted by Crippen LogP contribution is 2.19. The van der Waals surface area contributed by atoms with Crippen LogP contribution in [0.15, 0.2) is 22.7 Å². The molecule has 2 aromatic rings. The number of nitrogens with zero attached hydrogens (tertiary/aromatic N) is 3. The molecule has 1 aromatic heterocycles. The van der Waals surface area contributed by atoms with Gasteiger partial charge in [0.2, 0.25) is 11.7 Å². The average molecular weight is 307 g/mol. The minimum atomic E-state index is -0.434. The Kier molecular flexibility index (Phi) is 5.26. The van der Waals surface area contributed by atoms with Gasteiger partial charge in [-0.15, -0.1) is 0 Å². The van der Waals surface area contributed by atoms with E-state index in [1.165, 1.54) is 6.07 Å². The third-order valence-corrected chi connectivity index (χ3v) is 3.47. The zero-order chi connectivity index (χ0) is 16.3. The predicted octanol–water partition coefficient (Wildman–Crippen LogP) is 2.78. The molecular weight excluding hydrogens is 285 g/mol. The van der Waals surface area contributed by atoms with Crippen molar-refractivity contribution >= 4 is 0 Å². The van der Waals surface area contributed by atoms with Crippen LogP contribution in [0.3, 0.4) is 0 Å². The molecule has 120 valence electrons. The van der Waals surface area contributed by atoms with Gasteiger partial charge in [-0.05, 0) is 39.3 Å². The SMILES string of the molecule is Cc1ccc(-c2noc(CN(CC(C)O)C(C)C)n2)cc1F. The topological polar surface area (TPSA) is 62.4 Å². The van der Waals surface area contributed by atoms with E-state index in [1.807, 2.05) is 18.7 Å². The van der Waals surface area contributed by atoms with Gasteiger partial charge in [0.25, 0.3) is 0 Å². The van der Waals surface area contributed by atoms with Crippen molar-refractivity contribution in [3.63, 3.8) is 0 Å². The van der Waals surface area contributed by atoms with Gasteiger partial charge in [-0.1, -0.05) is 17.3 Å². The smallest absolute Gasteiger partial charge is 0.241 e. The lowest BCUT2D eigenvalue weighted by atomic mass is 10.1. The molecule has 2 rings (SSSR count). The van der Waals surface area contributed by atoms with E-state index < -0.39 is 6.10 Å². The standard InChI is InChI=1S/C16H22FN3O2/c1-10(2)20(8-12(4)21)9-15-18-16(19-22-15)13-6-5-11(3)14(17)7-13/h5-7,10,12,21H,8-9H2,1-4H3. The molecule has 0 radical (unpaired) electrons. The number of hydrogen-bond donors (Lipinski definition) is 1. The first-order chi connectivity index (χ1) is 10.4. The molecule has 0 aliphatic rings. The van der Waals surface area contributed by atoms with Gasteiger partial charge in [0.1, 0.15) is 5.82 Å². The molecule has 0 spiro atoms. The van der Waals surface area contributed by atoms with Gasteiger partial charge in [-0.3, -0.25) is 4.90 Å². The zero-order valence-electron chi connectivity index (χ0n) is 13.4. The van der Waals surface area contributed by atoms with E-state index in [4.69, 9.17) is 4.52 Å². The van der Waals surface area contributed by atoms with Gasteiger partial charge < -0.3 is 9.63 Å². The lowest BCUT2D eigenvalue weighted by molar-refractivity contribution is 0.0943. The summed E-state index contributed by atoms with van der Waals surface area (Å²) in [4.78, 5) is 6.35. The first-order valence-electron chi connectivity index (χ1n) is 7.38. The maximum absolute atomic E-state index is 13.6. The van der Waals surface area contributed by atoms with Gasteiger partial charge in [-0.25, -0.2) is 4.39 Å². The summed E-state index contributed by atoms with van der Waals surface area (Å²) in [7, 11) is 0. The molecule has 0 saturated carbocycles. The van der Waals surface area contributed by atoms with Crippen molar-refractivity contribution < 1.29 is 14.0 Å². The van der Waals surface area contributed by atoms with Crippen LogP contribution in [0.2, 0.25) is 0 Å². The maximum Gasteiger partial charge on any atom is 0.241 e. The van der Waals surface area contributed by atoms with Crippen molar-refractivity contribution in [3.05, 3.63) is 35.5 Å². The van der Waals surface area contributed by atoms with Crippen LogP contribution in [0.1, 0.15) is 32.2 Å². The summed E-state index contributed by atoms with van der Waals surface area (Å²) in [5.41, 5.74) is 1.17. The van der Waals surface area contributed by atoms with Crippen molar-refractivity contribution in [2.45, 2.75) is 46.4 Å². The number of rotatable bonds is 6. The summed E-state index contributed by atoms with van der Waals surface area (Å²) in [6.45, 7) is 8.49. The normalized spacial score (nSPS) is 13.1. The van der Waals surface area contributed by atoms with Crippen LogP contribution in [-0.2, 0) is 6.54 Å². The Morgan fingerprint density at radius 1 is 1.32 bits per heavy atom. The first kappa shape index (κ1) is 16.6. The number of aromatic nitrogens is 2. The van der Waals surface area contributed by atoms with Crippen molar-refractivity contribution in [1.29, 1.82) is 0 Å². The van der Waals surface area contributed by atoms with Gasteiger partial charge in [0, 0.05) is 18.2 Å². The summed E-state index contributed by atoms with van der Waals surface area (Å²) in [5, 5.41) is 13.4. The Labute approximate surface area is 129 Å². The Morgan fingerprint density at radius 3 is 2.64 bits per heavy atom. The lowest BCUT2D eigenvalue weighted by Gasteiger charge is -2.25. The molecule has 1 aromatic carbocycles. The number of halogens is 1. The molecule has 6 heteroatoms. The molecule has 0 saturated heterocycles. The molecule has 22 heavy (non-hydrogen) atoms. The number of aryl methyl sites for hydroxylation is 1. The zero-order valence-corrected chi connectivity index (χ0v) is 13.4. The van der Waals surface area contributed by atoms with Gasteiger partial charge >= 0.3 is 0 Å². The molecule has 0 amide bonds.